The monoisotopic (exact) mass is 676 g/mol. The molecule has 0 unspecified atom stereocenters. The second kappa shape index (κ2) is 11.8. The molecular weight excluding hydrogens is 664 g/mol. The lowest BCUT2D eigenvalue weighted by Gasteiger charge is -2.26. The summed E-state index contributed by atoms with van der Waals surface area (Å²) in [6.07, 6.45) is 1.27. The van der Waals surface area contributed by atoms with Gasteiger partial charge in [-0.3, -0.25) is 29.8 Å². The number of para-hydroxylation sites is 1. The Morgan fingerprint density at radius 3 is 2.33 bits per heavy atom. The maximum absolute atomic E-state index is 13.1. The van der Waals surface area contributed by atoms with Crippen molar-refractivity contribution < 1.29 is 28.8 Å². The summed E-state index contributed by atoms with van der Waals surface area (Å²) in [5.74, 6) is -1.99. The van der Waals surface area contributed by atoms with Crippen molar-refractivity contribution in [1.82, 2.24) is 5.32 Å². The van der Waals surface area contributed by atoms with E-state index in [-0.39, 0.29) is 29.3 Å². The standard InChI is InChI=1S/C25H15Br2ClN4O7/c26-17-10-13(11-18(27)22(17)39-12-21(33)29-20-4-2-1-3-19(20)28)9-16-23(34)30-25(36)31(24(16)35)14-5-7-15(8-6-14)32(37)38/h1-11H,12H2,(H,29,33)(H,30,34,36)/b16-9-. The van der Waals surface area contributed by atoms with Gasteiger partial charge in [-0.25, -0.2) is 9.69 Å². The Hall–Kier alpha value is -4.07. The molecule has 2 N–H and O–H groups in total. The third kappa shape index (κ3) is 6.33. The van der Waals surface area contributed by atoms with Gasteiger partial charge < -0.3 is 10.1 Å². The smallest absolute Gasteiger partial charge is 0.335 e. The number of nitrogens with one attached hydrogen (secondary N) is 2. The van der Waals surface area contributed by atoms with Gasteiger partial charge in [-0.2, -0.15) is 0 Å². The Balaban J connectivity index is 1.53. The lowest BCUT2D eigenvalue weighted by molar-refractivity contribution is -0.384. The van der Waals surface area contributed by atoms with Crippen LogP contribution in [0.25, 0.3) is 6.08 Å². The number of urea groups is 1. The van der Waals surface area contributed by atoms with E-state index in [1.54, 1.807) is 36.4 Å². The molecule has 1 heterocycles. The van der Waals surface area contributed by atoms with E-state index >= 15 is 0 Å². The molecule has 198 valence electrons. The average molecular weight is 679 g/mol. The molecule has 39 heavy (non-hydrogen) atoms. The first-order chi connectivity index (χ1) is 18.5. The van der Waals surface area contributed by atoms with E-state index in [0.717, 1.165) is 12.1 Å². The molecule has 4 rings (SSSR count). The van der Waals surface area contributed by atoms with Gasteiger partial charge in [0.2, 0.25) is 0 Å². The Morgan fingerprint density at radius 2 is 1.72 bits per heavy atom. The van der Waals surface area contributed by atoms with Crippen molar-refractivity contribution in [3.05, 3.63) is 95.9 Å². The highest BCUT2D eigenvalue weighted by molar-refractivity contribution is 9.11. The summed E-state index contributed by atoms with van der Waals surface area (Å²) >= 11 is 12.8. The van der Waals surface area contributed by atoms with E-state index in [2.05, 4.69) is 42.5 Å². The summed E-state index contributed by atoms with van der Waals surface area (Å²) in [5, 5.41) is 16.0. The number of benzene rings is 3. The Bertz CT molecular complexity index is 1540. The first kappa shape index (κ1) is 28.0. The molecule has 1 aliphatic heterocycles. The molecule has 0 aromatic heterocycles. The highest BCUT2D eigenvalue weighted by Gasteiger charge is 2.37. The van der Waals surface area contributed by atoms with Crippen molar-refractivity contribution in [2.24, 2.45) is 0 Å². The number of ether oxygens (including phenoxy) is 1. The number of imide groups is 2. The first-order valence-electron chi connectivity index (χ1n) is 10.9. The molecule has 5 amide bonds. The SMILES string of the molecule is O=C(COc1c(Br)cc(/C=C2/C(=O)NC(=O)N(c3ccc([N+](=O)[O-])cc3)C2=O)cc1Br)Nc1ccccc1Cl. The number of nitro groups is 1. The minimum atomic E-state index is -0.989. The number of non-ortho nitro benzene ring substituents is 1. The van der Waals surface area contributed by atoms with E-state index in [4.69, 9.17) is 16.3 Å². The maximum atomic E-state index is 13.1. The molecule has 0 aliphatic carbocycles. The van der Waals surface area contributed by atoms with Crippen molar-refractivity contribution in [3.63, 3.8) is 0 Å². The summed E-state index contributed by atoms with van der Waals surface area (Å²) in [5.41, 5.74) is 0.290. The van der Waals surface area contributed by atoms with Crippen LogP contribution in [0, 0.1) is 10.1 Å². The molecule has 0 radical (unpaired) electrons. The van der Waals surface area contributed by atoms with E-state index < -0.39 is 28.7 Å². The van der Waals surface area contributed by atoms with Gasteiger partial charge in [0.25, 0.3) is 23.4 Å². The minimum Gasteiger partial charge on any atom is -0.481 e. The zero-order chi connectivity index (χ0) is 28.3. The third-order valence-electron chi connectivity index (χ3n) is 5.25. The molecule has 1 fully saturated rings. The van der Waals surface area contributed by atoms with Crippen LogP contribution in [0.3, 0.4) is 0 Å². The van der Waals surface area contributed by atoms with Crippen molar-refractivity contribution in [3.8, 4) is 5.75 Å². The van der Waals surface area contributed by atoms with Crippen molar-refractivity contribution in [2.75, 3.05) is 16.8 Å². The lowest BCUT2D eigenvalue weighted by Crippen LogP contribution is -2.54. The van der Waals surface area contributed by atoms with E-state index in [1.807, 2.05) is 0 Å². The largest absolute Gasteiger partial charge is 0.481 e. The van der Waals surface area contributed by atoms with Crippen LogP contribution < -0.4 is 20.3 Å². The topological polar surface area (TPSA) is 148 Å². The fraction of sp³-hybridized carbons (Fsp3) is 0.0400. The van der Waals surface area contributed by atoms with Crippen LogP contribution in [0.1, 0.15) is 5.56 Å². The average Bonchev–Trinajstić information content (AvgIpc) is 2.87. The third-order valence-corrected chi connectivity index (χ3v) is 6.76. The van der Waals surface area contributed by atoms with E-state index in [0.29, 0.717) is 30.1 Å². The van der Waals surface area contributed by atoms with Crippen LogP contribution in [-0.4, -0.2) is 35.3 Å². The lowest BCUT2D eigenvalue weighted by atomic mass is 10.1. The summed E-state index contributed by atoms with van der Waals surface area (Å²) < 4.78 is 6.44. The number of halogens is 3. The Morgan fingerprint density at radius 1 is 1.08 bits per heavy atom. The number of rotatable bonds is 7. The molecule has 0 bridgehead atoms. The number of hydrogen-bond donors (Lipinski definition) is 2. The number of carbonyl (C=O) groups excluding carboxylic acids is 4. The summed E-state index contributed by atoms with van der Waals surface area (Å²) in [6, 6.07) is 13.6. The maximum Gasteiger partial charge on any atom is 0.335 e. The van der Waals surface area contributed by atoms with E-state index in [1.165, 1.54) is 18.2 Å². The van der Waals surface area contributed by atoms with Crippen LogP contribution in [0.2, 0.25) is 5.02 Å². The van der Waals surface area contributed by atoms with Gasteiger partial charge >= 0.3 is 6.03 Å². The molecule has 1 aliphatic rings. The van der Waals surface area contributed by atoms with Gasteiger partial charge in [0.05, 0.1) is 30.3 Å². The number of nitro benzene ring substituents is 1. The van der Waals surface area contributed by atoms with Gasteiger partial charge in [-0.05, 0) is 79.9 Å². The normalized spacial score (nSPS) is 14.3. The van der Waals surface area contributed by atoms with E-state index in [9.17, 15) is 29.3 Å². The zero-order valence-corrected chi connectivity index (χ0v) is 23.4. The van der Waals surface area contributed by atoms with Gasteiger partial charge in [-0.1, -0.05) is 23.7 Å². The number of barbiturate groups is 1. The molecule has 3 aromatic carbocycles. The van der Waals surface area contributed by atoms with Crippen molar-refractivity contribution in [1.29, 1.82) is 0 Å². The molecule has 14 heteroatoms. The van der Waals surface area contributed by atoms with Crippen molar-refractivity contribution >= 4 is 90.4 Å². The number of nitrogens with zero attached hydrogens (tertiary/aromatic N) is 2. The van der Waals surface area contributed by atoms with Gasteiger partial charge in [0.1, 0.15) is 11.3 Å². The first-order valence-corrected chi connectivity index (χ1v) is 12.8. The van der Waals surface area contributed by atoms with Gasteiger partial charge in [0, 0.05) is 12.1 Å². The van der Waals surface area contributed by atoms with Crippen LogP contribution in [-0.2, 0) is 14.4 Å². The minimum absolute atomic E-state index is 0.0441. The molecular formula is C25H15Br2ClN4O7. The second-order valence-electron chi connectivity index (χ2n) is 7.86. The number of amides is 5. The number of hydrogen-bond acceptors (Lipinski definition) is 7. The Labute approximate surface area is 242 Å². The molecule has 3 aromatic rings. The molecule has 0 spiro atoms. The summed E-state index contributed by atoms with van der Waals surface area (Å²) in [4.78, 5) is 61.3. The Kier molecular flexibility index (Phi) is 8.43. The van der Waals surface area contributed by atoms with Gasteiger partial charge in [-0.15, -0.1) is 0 Å². The molecule has 0 atom stereocenters. The second-order valence-corrected chi connectivity index (χ2v) is 9.98. The van der Waals surface area contributed by atoms with Crippen LogP contribution in [0.15, 0.2) is 75.2 Å². The zero-order valence-electron chi connectivity index (χ0n) is 19.4. The van der Waals surface area contributed by atoms with Crippen molar-refractivity contribution in [2.45, 2.75) is 0 Å². The van der Waals surface area contributed by atoms with Crippen LogP contribution in [0.4, 0.5) is 21.9 Å². The summed E-state index contributed by atoms with van der Waals surface area (Å²) in [6.45, 7) is -0.337. The predicted molar refractivity (Wildman–Crippen MR) is 150 cm³/mol. The number of anilines is 2. The molecule has 0 saturated carbocycles. The molecule has 1 saturated heterocycles. The van der Waals surface area contributed by atoms with Crippen LogP contribution >= 0.6 is 43.5 Å². The van der Waals surface area contributed by atoms with Gasteiger partial charge in [0.15, 0.2) is 6.61 Å². The highest BCUT2D eigenvalue weighted by atomic mass is 79.9. The fourth-order valence-corrected chi connectivity index (χ4v) is 5.10. The highest BCUT2D eigenvalue weighted by Crippen LogP contribution is 2.36. The van der Waals surface area contributed by atoms with Crippen LogP contribution in [0.5, 0.6) is 5.75 Å². The summed E-state index contributed by atoms with van der Waals surface area (Å²) in [7, 11) is 0. The predicted octanol–water partition coefficient (Wildman–Crippen LogP) is 5.46. The fourth-order valence-electron chi connectivity index (χ4n) is 3.47. The number of carbonyl (C=O) groups is 4. The quantitative estimate of drug-likeness (QED) is 0.146. The molecule has 11 nitrogen and oxygen atoms in total.